The van der Waals surface area contributed by atoms with Gasteiger partial charge >= 0.3 is 0 Å². The number of hydrogen-bond acceptors (Lipinski definition) is 2. The summed E-state index contributed by atoms with van der Waals surface area (Å²) < 4.78 is 5.48. The molecule has 0 amide bonds. The Balaban J connectivity index is 2.68. The molecule has 1 rings (SSSR count). The number of rotatable bonds is 7. The van der Waals surface area contributed by atoms with E-state index in [-0.39, 0.29) is 5.60 Å². The van der Waals surface area contributed by atoms with Crippen LogP contribution in [0.15, 0.2) is 24.3 Å². The zero-order valence-electron chi connectivity index (χ0n) is 11.8. The van der Waals surface area contributed by atoms with E-state index in [9.17, 15) is 0 Å². The molecule has 1 aromatic rings. The molecule has 0 saturated heterocycles. The van der Waals surface area contributed by atoms with Crippen molar-refractivity contribution in [3.63, 3.8) is 0 Å². The van der Waals surface area contributed by atoms with Gasteiger partial charge in [0.25, 0.3) is 0 Å². The van der Waals surface area contributed by atoms with Crippen LogP contribution in [0.2, 0.25) is 5.02 Å². The highest BCUT2D eigenvalue weighted by atomic mass is 35.5. The molecule has 18 heavy (non-hydrogen) atoms. The summed E-state index contributed by atoms with van der Waals surface area (Å²) in [5, 5.41) is 4.05. The third-order valence-corrected chi connectivity index (χ3v) is 3.69. The monoisotopic (exact) mass is 269 g/mol. The fourth-order valence-electron chi connectivity index (χ4n) is 1.99. The number of methoxy groups -OCH3 is 1. The molecule has 1 atom stereocenters. The van der Waals surface area contributed by atoms with Gasteiger partial charge in [0.05, 0.1) is 5.60 Å². The lowest BCUT2D eigenvalue weighted by Gasteiger charge is -2.26. The Morgan fingerprint density at radius 1 is 1.28 bits per heavy atom. The molecule has 0 bridgehead atoms. The van der Waals surface area contributed by atoms with E-state index in [1.54, 1.807) is 7.11 Å². The van der Waals surface area contributed by atoms with Crippen LogP contribution in [0.4, 0.5) is 0 Å². The lowest BCUT2D eigenvalue weighted by Crippen LogP contribution is -2.25. The summed E-state index contributed by atoms with van der Waals surface area (Å²) in [5.74, 6) is 0.502. The van der Waals surface area contributed by atoms with Crippen molar-refractivity contribution in [2.75, 3.05) is 20.7 Å². The first-order valence-corrected chi connectivity index (χ1v) is 6.81. The molecule has 0 aliphatic rings. The van der Waals surface area contributed by atoms with Crippen molar-refractivity contribution in [2.45, 2.75) is 38.2 Å². The Morgan fingerprint density at radius 2 is 1.89 bits per heavy atom. The minimum Gasteiger partial charge on any atom is -0.379 e. The topological polar surface area (TPSA) is 21.3 Å². The normalized spacial score (nSPS) is 13.6. The van der Waals surface area contributed by atoms with Crippen LogP contribution in [0.25, 0.3) is 0 Å². The van der Waals surface area contributed by atoms with Crippen LogP contribution in [-0.4, -0.2) is 26.3 Å². The van der Waals surface area contributed by atoms with Crippen LogP contribution in [-0.2, 0) is 4.74 Å². The Hall–Kier alpha value is -0.570. The second-order valence-electron chi connectivity index (χ2n) is 5.31. The van der Waals surface area contributed by atoms with E-state index >= 15 is 0 Å². The van der Waals surface area contributed by atoms with Crippen molar-refractivity contribution < 1.29 is 4.74 Å². The highest BCUT2D eigenvalue weighted by Crippen LogP contribution is 2.26. The maximum atomic E-state index is 5.93. The van der Waals surface area contributed by atoms with Crippen molar-refractivity contribution in [2.24, 2.45) is 0 Å². The van der Waals surface area contributed by atoms with Crippen molar-refractivity contribution in [1.82, 2.24) is 5.32 Å². The van der Waals surface area contributed by atoms with Gasteiger partial charge in [0.2, 0.25) is 0 Å². The minimum absolute atomic E-state index is 0.0571. The second kappa shape index (κ2) is 7.13. The van der Waals surface area contributed by atoms with Gasteiger partial charge in [-0.05, 0) is 57.4 Å². The third-order valence-electron chi connectivity index (χ3n) is 3.44. The van der Waals surface area contributed by atoms with E-state index in [2.05, 4.69) is 31.3 Å². The third kappa shape index (κ3) is 4.97. The summed E-state index contributed by atoms with van der Waals surface area (Å²) in [5.41, 5.74) is 1.28. The van der Waals surface area contributed by atoms with Crippen LogP contribution in [0.1, 0.15) is 38.2 Å². The average Bonchev–Trinajstić information content (AvgIpc) is 2.36. The molecule has 1 aromatic carbocycles. The summed E-state index contributed by atoms with van der Waals surface area (Å²) in [7, 11) is 3.76. The quantitative estimate of drug-likeness (QED) is 0.812. The fraction of sp³-hybridized carbons (Fsp3) is 0.600. The van der Waals surface area contributed by atoms with Gasteiger partial charge in [0, 0.05) is 18.7 Å². The number of nitrogens with one attached hydrogen (secondary N) is 1. The first kappa shape index (κ1) is 15.5. The molecule has 0 aromatic heterocycles. The van der Waals surface area contributed by atoms with E-state index in [1.165, 1.54) is 5.56 Å². The Bertz CT molecular complexity index is 348. The number of benzene rings is 1. The van der Waals surface area contributed by atoms with Crippen molar-refractivity contribution >= 4 is 11.6 Å². The Morgan fingerprint density at radius 3 is 2.39 bits per heavy atom. The molecule has 1 unspecified atom stereocenters. The largest absolute Gasteiger partial charge is 0.379 e. The molecular weight excluding hydrogens is 246 g/mol. The molecule has 0 aliphatic carbocycles. The predicted molar refractivity (Wildman–Crippen MR) is 78.4 cm³/mol. The Labute approximate surface area is 116 Å². The molecular formula is C15H24ClNO. The molecule has 102 valence electrons. The lowest BCUT2D eigenvalue weighted by atomic mass is 9.89. The number of hydrogen-bond donors (Lipinski definition) is 1. The van der Waals surface area contributed by atoms with Crippen LogP contribution in [0.3, 0.4) is 0 Å². The van der Waals surface area contributed by atoms with Crippen LogP contribution in [0.5, 0.6) is 0 Å². The zero-order valence-corrected chi connectivity index (χ0v) is 12.6. The molecule has 1 N–H and O–H groups in total. The second-order valence-corrected chi connectivity index (χ2v) is 5.75. The van der Waals surface area contributed by atoms with Gasteiger partial charge in [-0.3, -0.25) is 0 Å². The number of ether oxygens (including phenoxy) is 1. The van der Waals surface area contributed by atoms with Crippen molar-refractivity contribution in [1.29, 1.82) is 0 Å². The maximum Gasteiger partial charge on any atom is 0.0623 e. The summed E-state index contributed by atoms with van der Waals surface area (Å²) in [4.78, 5) is 0. The van der Waals surface area contributed by atoms with Crippen LogP contribution in [0, 0.1) is 0 Å². The maximum absolute atomic E-state index is 5.93. The summed E-state index contributed by atoms with van der Waals surface area (Å²) in [6.07, 6.45) is 2.14. The van der Waals surface area contributed by atoms with E-state index < -0.39 is 0 Å². The molecule has 2 nitrogen and oxygen atoms in total. The smallest absolute Gasteiger partial charge is 0.0623 e. The van der Waals surface area contributed by atoms with Gasteiger partial charge in [-0.15, -0.1) is 0 Å². The van der Waals surface area contributed by atoms with Crippen molar-refractivity contribution in [3.8, 4) is 0 Å². The van der Waals surface area contributed by atoms with E-state index in [0.29, 0.717) is 5.92 Å². The molecule has 0 saturated carbocycles. The summed E-state index contributed by atoms with van der Waals surface area (Å²) in [6, 6.07) is 8.15. The summed E-state index contributed by atoms with van der Waals surface area (Å²) >= 11 is 5.93. The first-order chi connectivity index (χ1) is 8.48. The van der Waals surface area contributed by atoms with Gasteiger partial charge < -0.3 is 10.1 Å². The van der Waals surface area contributed by atoms with Gasteiger partial charge in [-0.2, -0.15) is 0 Å². The van der Waals surface area contributed by atoms with Gasteiger partial charge in [-0.25, -0.2) is 0 Å². The average molecular weight is 270 g/mol. The molecule has 0 fully saturated rings. The molecule has 0 aliphatic heterocycles. The zero-order chi connectivity index (χ0) is 13.6. The molecule has 0 heterocycles. The SMILES string of the molecule is CNCC(CCC(C)(C)OC)c1ccc(Cl)cc1. The van der Waals surface area contributed by atoms with Gasteiger partial charge in [-0.1, -0.05) is 23.7 Å². The highest BCUT2D eigenvalue weighted by molar-refractivity contribution is 6.30. The van der Waals surface area contributed by atoms with Crippen LogP contribution < -0.4 is 5.32 Å². The van der Waals surface area contributed by atoms with E-state index in [0.717, 1.165) is 24.4 Å². The van der Waals surface area contributed by atoms with Crippen LogP contribution >= 0.6 is 11.6 Å². The van der Waals surface area contributed by atoms with Gasteiger partial charge in [0.15, 0.2) is 0 Å². The van der Waals surface area contributed by atoms with Crippen molar-refractivity contribution in [3.05, 3.63) is 34.9 Å². The predicted octanol–water partition coefficient (Wildman–Crippen LogP) is 3.85. The lowest BCUT2D eigenvalue weighted by molar-refractivity contribution is 0.0124. The highest BCUT2D eigenvalue weighted by Gasteiger charge is 2.19. The first-order valence-electron chi connectivity index (χ1n) is 6.44. The standard InChI is InChI=1S/C15H24ClNO/c1-15(2,18-4)10-9-13(11-17-3)12-5-7-14(16)8-6-12/h5-8,13,17H,9-11H2,1-4H3. The van der Waals surface area contributed by atoms with E-state index in [4.69, 9.17) is 16.3 Å². The molecule has 0 radical (unpaired) electrons. The minimum atomic E-state index is -0.0571. The van der Waals surface area contributed by atoms with Gasteiger partial charge in [0.1, 0.15) is 0 Å². The number of halogens is 1. The Kier molecular flexibility index (Phi) is 6.13. The number of likely N-dealkylation sites (N-methyl/N-ethyl adjacent to an activating group) is 1. The summed E-state index contributed by atoms with van der Waals surface area (Å²) in [6.45, 7) is 5.23. The fourth-order valence-corrected chi connectivity index (χ4v) is 2.12. The molecule has 3 heteroatoms. The van der Waals surface area contributed by atoms with E-state index in [1.807, 2.05) is 19.2 Å². The molecule has 0 spiro atoms.